The van der Waals surface area contributed by atoms with Gasteiger partial charge in [-0.05, 0) is 26.0 Å². The van der Waals surface area contributed by atoms with Gasteiger partial charge < -0.3 is 14.5 Å². The molecule has 1 saturated heterocycles. The number of amides is 1. The van der Waals surface area contributed by atoms with Gasteiger partial charge in [0.05, 0.1) is 0 Å². The molecule has 0 aliphatic carbocycles. The van der Waals surface area contributed by atoms with Crippen molar-refractivity contribution in [2.24, 2.45) is 0 Å². The Morgan fingerprint density at radius 1 is 1.22 bits per heavy atom. The van der Waals surface area contributed by atoms with Gasteiger partial charge in [-0.3, -0.25) is 4.79 Å². The van der Waals surface area contributed by atoms with Crippen molar-refractivity contribution in [1.82, 2.24) is 9.88 Å². The minimum atomic E-state index is -0.468. The Hall–Kier alpha value is -2.08. The molecule has 1 aliphatic heterocycles. The summed E-state index contributed by atoms with van der Waals surface area (Å²) in [5, 5.41) is 3.01. The van der Waals surface area contributed by atoms with Crippen LogP contribution < -0.4 is 9.64 Å². The van der Waals surface area contributed by atoms with Crippen molar-refractivity contribution in [2.45, 2.75) is 20.0 Å². The third kappa shape index (κ3) is 3.82. The number of piperazine rings is 1. The average Bonchev–Trinajstić information content (AvgIpc) is 3.11. The van der Waals surface area contributed by atoms with Crippen molar-refractivity contribution in [3.8, 4) is 5.75 Å². The number of rotatable bonds is 4. The molecule has 0 saturated carbocycles. The maximum Gasteiger partial charge on any atom is 0.263 e. The number of hydrogen-bond donors (Lipinski definition) is 0. The maximum atomic E-state index is 12.5. The molecule has 1 amide bonds. The van der Waals surface area contributed by atoms with Gasteiger partial charge in [0.15, 0.2) is 11.2 Å². The van der Waals surface area contributed by atoms with E-state index in [9.17, 15) is 4.79 Å². The summed E-state index contributed by atoms with van der Waals surface area (Å²) < 4.78 is 5.77. The van der Waals surface area contributed by atoms with Crippen LogP contribution in [0.3, 0.4) is 0 Å². The van der Waals surface area contributed by atoms with Gasteiger partial charge in [-0.15, -0.1) is 11.3 Å². The van der Waals surface area contributed by atoms with Crippen molar-refractivity contribution < 1.29 is 9.53 Å². The van der Waals surface area contributed by atoms with E-state index < -0.39 is 6.10 Å². The lowest BCUT2D eigenvalue weighted by Crippen LogP contribution is -2.52. The second kappa shape index (κ2) is 7.00. The molecule has 1 unspecified atom stereocenters. The average molecular weight is 331 g/mol. The van der Waals surface area contributed by atoms with E-state index in [1.807, 2.05) is 54.6 Å². The molecule has 1 aliphatic rings. The first-order chi connectivity index (χ1) is 11.1. The Balaban J connectivity index is 1.53. The quantitative estimate of drug-likeness (QED) is 0.864. The summed E-state index contributed by atoms with van der Waals surface area (Å²) in [6, 6.07) is 7.78. The molecule has 0 bridgehead atoms. The molecule has 2 heterocycles. The Morgan fingerprint density at radius 3 is 2.52 bits per heavy atom. The number of aromatic nitrogens is 1. The number of carbonyl (C=O) groups is 1. The second-order valence-corrected chi connectivity index (χ2v) is 6.57. The Labute approximate surface area is 140 Å². The van der Waals surface area contributed by atoms with Crippen LogP contribution in [-0.2, 0) is 4.79 Å². The Kier molecular flexibility index (Phi) is 4.81. The fraction of sp³-hybridized carbons (Fsp3) is 0.412. The first-order valence-electron chi connectivity index (χ1n) is 7.80. The van der Waals surface area contributed by atoms with Crippen molar-refractivity contribution >= 4 is 22.4 Å². The van der Waals surface area contributed by atoms with Crippen molar-refractivity contribution in [3.05, 3.63) is 41.4 Å². The number of benzene rings is 1. The normalized spacial score (nSPS) is 16.3. The SMILES string of the molecule is Cc1ccc(OC(C)C(=O)N2CCN(c3nccs3)CC2)cc1. The van der Waals surface area contributed by atoms with Crippen LogP contribution >= 0.6 is 11.3 Å². The Bertz CT molecular complexity index is 634. The van der Waals surface area contributed by atoms with Gasteiger partial charge in [-0.25, -0.2) is 4.98 Å². The van der Waals surface area contributed by atoms with E-state index in [1.165, 1.54) is 5.56 Å². The van der Waals surface area contributed by atoms with Crippen molar-refractivity contribution in [2.75, 3.05) is 31.1 Å². The first kappa shape index (κ1) is 15.8. The number of thiazole rings is 1. The summed E-state index contributed by atoms with van der Waals surface area (Å²) in [4.78, 5) is 21.0. The highest BCUT2D eigenvalue weighted by Crippen LogP contribution is 2.20. The number of aryl methyl sites for hydroxylation is 1. The van der Waals surface area contributed by atoms with Gasteiger partial charge in [0.25, 0.3) is 5.91 Å². The van der Waals surface area contributed by atoms with Crippen LogP contribution in [-0.4, -0.2) is 48.1 Å². The fourth-order valence-electron chi connectivity index (χ4n) is 2.62. The monoisotopic (exact) mass is 331 g/mol. The summed E-state index contributed by atoms with van der Waals surface area (Å²) in [6.45, 7) is 6.89. The number of hydrogen-bond acceptors (Lipinski definition) is 5. The maximum absolute atomic E-state index is 12.5. The van der Waals surface area contributed by atoms with E-state index in [1.54, 1.807) is 11.3 Å². The molecule has 1 fully saturated rings. The smallest absolute Gasteiger partial charge is 0.263 e. The van der Waals surface area contributed by atoms with Gasteiger partial charge in [0, 0.05) is 37.8 Å². The highest BCUT2D eigenvalue weighted by Gasteiger charge is 2.26. The summed E-state index contributed by atoms with van der Waals surface area (Å²) in [6.07, 6.45) is 1.35. The number of anilines is 1. The van der Waals surface area contributed by atoms with Gasteiger partial charge in [-0.2, -0.15) is 0 Å². The van der Waals surface area contributed by atoms with E-state index >= 15 is 0 Å². The van der Waals surface area contributed by atoms with E-state index in [-0.39, 0.29) is 5.91 Å². The van der Waals surface area contributed by atoms with Crippen LogP contribution in [0.5, 0.6) is 5.75 Å². The minimum Gasteiger partial charge on any atom is -0.481 e. The molecule has 0 radical (unpaired) electrons. The predicted octanol–water partition coefficient (Wildman–Crippen LogP) is 2.57. The zero-order chi connectivity index (χ0) is 16.2. The van der Waals surface area contributed by atoms with Crippen molar-refractivity contribution in [3.63, 3.8) is 0 Å². The zero-order valence-electron chi connectivity index (χ0n) is 13.4. The molecular weight excluding hydrogens is 310 g/mol. The topological polar surface area (TPSA) is 45.7 Å². The molecular formula is C17H21N3O2S. The zero-order valence-corrected chi connectivity index (χ0v) is 14.3. The molecule has 5 nitrogen and oxygen atoms in total. The molecule has 0 N–H and O–H groups in total. The number of ether oxygens (including phenoxy) is 1. The predicted molar refractivity (Wildman–Crippen MR) is 92.2 cm³/mol. The molecule has 1 aromatic heterocycles. The van der Waals surface area contributed by atoms with Crippen LogP contribution in [0.1, 0.15) is 12.5 Å². The molecule has 0 spiro atoms. The lowest BCUT2D eigenvalue weighted by atomic mass is 10.2. The molecule has 122 valence electrons. The number of carbonyl (C=O) groups excluding carboxylic acids is 1. The standard InChI is InChI=1S/C17H21N3O2S/c1-13-3-5-15(6-4-13)22-14(2)16(21)19-8-10-20(11-9-19)17-18-7-12-23-17/h3-7,12,14H,8-11H2,1-2H3. The van der Waals surface area contributed by atoms with Gasteiger partial charge >= 0.3 is 0 Å². The van der Waals surface area contributed by atoms with E-state index in [2.05, 4.69) is 9.88 Å². The van der Waals surface area contributed by atoms with Crippen LogP contribution in [0.4, 0.5) is 5.13 Å². The summed E-state index contributed by atoms with van der Waals surface area (Å²) >= 11 is 1.63. The lowest BCUT2D eigenvalue weighted by molar-refractivity contribution is -0.138. The molecule has 6 heteroatoms. The van der Waals surface area contributed by atoms with Crippen LogP contribution in [0, 0.1) is 6.92 Å². The highest BCUT2D eigenvalue weighted by atomic mass is 32.1. The summed E-state index contributed by atoms with van der Waals surface area (Å²) in [7, 11) is 0. The molecule has 23 heavy (non-hydrogen) atoms. The molecule has 3 rings (SSSR count). The van der Waals surface area contributed by atoms with Crippen molar-refractivity contribution in [1.29, 1.82) is 0 Å². The van der Waals surface area contributed by atoms with E-state index in [0.29, 0.717) is 13.1 Å². The van der Waals surface area contributed by atoms with E-state index in [0.717, 1.165) is 24.0 Å². The molecule has 1 atom stereocenters. The summed E-state index contributed by atoms with van der Waals surface area (Å²) in [5.74, 6) is 0.780. The molecule has 2 aromatic rings. The van der Waals surface area contributed by atoms with Crippen LogP contribution in [0.2, 0.25) is 0 Å². The van der Waals surface area contributed by atoms with Gasteiger partial charge in [0.1, 0.15) is 5.75 Å². The van der Waals surface area contributed by atoms with Crippen LogP contribution in [0.25, 0.3) is 0 Å². The van der Waals surface area contributed by atoms with Gasteiger partial charge in [0.2, 0.25) is 0 Å². The highest BCUT2D eigenvalue weighted by molar-refractivity contribution is 7.13. The lowest BCUT2D eigenvalue weighted by Gasteiger charge is -2.35. The number of nitrogens with zero attached hydrogens (tertiary/aromatic N) is 3. The van der Waals surface area contributed by atoms with E-state index in [4.69, 9.17) is 4.74 Å². The first-order valence-corrected chi connectivity index (χ1v) is 8.68. The largest absolute Gasteiger partial charge is 0.481 e. The second-order valence-electron chi connectivity index (χ2n) is 5.70. The van der Waals surface area contributed by atoms with Crippen LogP contribution in [0.15, 0.2) is 35.8 Å². The Morgan fingerprint density at radius 2 is 1.91 bits per heavy atom. The molecule has 1 aromatic carbocycles. The minimum absolute atomic E-state index is 0.0457. The third-order valence-electron chi connectivity index (χ3n) is 3.96. The fourth-order valence-corrected chi connectivity index (χ4v) is 3.32. The third-order valence-corrected chi connectivity index (χ3v) is 4.79. The van der Waals surface area contributed by atoms with Gasteiger partial charge in [-0.1, -0.05) is 17.7 Å². The summed E-state index contributed by atoms with van der Waals surface area (Å²) in [5.41, 5.74) is 1.18.